The van der Waals surface area contributed by atoms with Crippen molar-refractivity contribution in [1.29, 1.82) is 0 Å². The fraction of sp³-hybridized carbons (Fsp3) is 0.0952. The number of hydrogen-bond acceptors (Lipinski definition) is 4. The van der Waals surface area contributed by atoms with E-state index in [9.17, 15) is 0 Å². The van der Waals surface area contributed by atoms with Gasteiger partial charge < -0.3 is 14.8 Å². The average Bonchev–Trinajstić information content (AvgIpc) is 3.15. The minimum Gasteiger partial charge on any atom is -0.454 e. The first kappa shape index (κ1) is 15.3. The zero-order valence-electron chi connectivity index (χ0n) is 13.9. The van der Waals surface area contributed by atoms with E-state index in [0.717, 1.165) is 34.0 Å². The molecule has 2 aromatic carbocycles. The molecule has 1 N–H and O–H groups in total. The molecule has 0 atom stereocenters. The first-order valence-corrected chi connectivity index (χ1v) is 8.14. The Hall–Kier alpha value is -3.27. The monoisotopic (exact) mass is 330 g/mol. The molecule has 1 aliphatic heterocycles. The van der Waals surface area contributed by atoms with Crippen LogP contribution >= 0.6 is 0 Å². The Morgan fingerprint density at radius 3 is 2.56 bits per heavy atom. The second kappa shape index (κ2) is 6.69. The molecule has 0 unspecified atom stereocenters. The van der Waals surface area contributed by atoms with Crippen LogP contribution in [0.3, 0.4) is 0 Å². The first-order chi connectivity index (χ1) is 12.3. The molecule has 25 heavy (non-hydrogen) atoms. The minimum atomic E-state index is 0.285. The molecule has 0 saturated heterocycles. The largest absolute Gasteiger partial charge is 0.454 e. The number of benzene rings is 2. The molecule has 0 amide bonds. The molecule has 0 fully saturated rings. The third kappa shape index (κ3) is 3.33. The van der Waals surface area contributed by atoms with Crippen molar-refractivity contribution < 1.29 is 9.47 Å². The normalized spacial score (nSPS) is 12.9. The number of pyridine rings is 1. The number of hydrogen-bond donors (Lipinski definition) is 1. The van der Waals surface area contributed by atoms with Crippen LogP contribution in [0.4, 0.5) is 5.82 Å². The number of rotatable bonds is 4. The predicted molar refractivity (Wildman–Crippen MR) is 99.5 cm³/mol. The van der Waals surface area contributed by atoms with E-state index >= 15 is 0 Å². The van der Waals surface area contributed by atoms with E-state index in [0.29, 0.717) is 0 Å². The molecule has 124 valence electrons. The highest BCUT2D eigenvalue weighted by Crippen LogP contribution is 2.35. The first-order valence-electron chi connectivity index (χ1n) is 8.14. The van der Waals surface area contributed by atoms with E-state index < -0.39 is 0 Å². The van der Waals surface area contributed by atoms with E-state index in [-0.39, 0.29) is 6.79 Å². The third-order valence-corrected chi connectivity index (χ3v) is 4.14. The van der Waals surface area contributed by atoms with Gasteiger partial charge in [0.25, 0.3) is 0 Å². The van der Waals surface area contributed by atoms with Gasteiger partial charge in [-0.2, -0.15) is 0 Å². The fourth-order valence-electron chi connectivity index (χ4n) is 2.69. The van der Waals surface area contributed by atoms with Gasteiger partial charge in [0, 0.05) is 18.0 Å². The van der Waals surface area contributed by atoms with Crippen molar-refractivity contribution in [3.8, 4) is 22.6 Å². The lowest BCUT2D eigenvalue weighted by molar-refractivity contribution is 0.174. The summed E-state index contributed by atoms with van der Waals surface area (Å²) in [6.07, 6.45) is 3.82. The third-order valence-electron chi connectivity index (χ3n) is 4.14. The summed E-state index contributed by atoms with van der Waals surface area (Å²) in [7, 11) is 0. The Labute approximate surface area is 146 Å². The second-order valence-electron chi connectivity index (χ2n) is 5.84. The summed E-state index contributed by atoms with van der Waals surface area (Å²) in [5.41, 5.74) is 4.43. The Morgan fingerprint density at radius 2 is 1.76 bits per heavy atom. The second-order valence-corrected chi connectivity index (χ2v) is 5.84. The number of fused-ring (bicyclic) bond motifs is 1. The van der Waals surface area contributed by atoms with E-state index in [1.54, 1.807) is 0 Å². The van der Waals surface area contributed by atoms with Gasteiger partial charge in [0.15, 0.2) is 11.5 Å². The van der Waals surface area contributed by atoms with Gasteiger partial charge in [-0.25, -0.2) is 4.98 Å². The lowest BCUT2D eigenvalue weighted by Gasteiger charge is -2.06. The van der Waals surface area contributed by atoms with Crippen LogP contribution in [0.25, 0.3) is 16.7 Å². The highest BCUT2D eigenvalue weighted by atomic mass is 16.7. The standard InChI is InChI=1S/C21H18N2O2/c1-15(16-5-3-2-4-6-16)12-22-21-10-8-18(13-23-21)17-7-9-19-20(11-17)25-14-24-19/h2-13H,14H2,1H3,(H,22,23)/b15-12+. The summed E-state index contributed by atoms with van der Waals surface area (Å²) in [6, 6.07) is 20.2. The summed E-state index contributed by atoms with van der Waals surface area (Å²) >= 11 is 0. The van der Waals surface area contributed by atoms with Gasteiger partial charge >= 0.3 is 0 Å². The topological polar surface area (TPSA) is 43.4 Å². The summed E-state index contributed by atoms with van der Waals surface area (Å²) < 4.78 is 10.8. The van der Waals surface area contributed by atoms with Crippen LogP contribution in [0.5, 0.6) is 11.5 Å². The highest BCUT2D eigenvalue weighted by Gasteiger charge is 2.13. The molecule has 4 heteroatoms. The molecule has 1 aromatic heterocycles. The summed E-state index contributed by atoms with van der Waals surface area (Å²) in [5, 5.41) is 3.25. The Balaban J connectivity index is 1.49. The van der Waals surface area contributed by atoms with Gasteiger partial charge in [-0.15, -0.1) is 0 Å². The number of nitrogens with zero attached hydrogens (tertiary/aromatic N) is 1. The van der Waals surface area contributed by atoms with Crippen LogP contribution in [0.2, 0.25) is 0 Å². The van der Waals surface area contributed by atoms with E-state index in [4.69, 9.17) is 9.47 Å². The summed E-state index contributed by atoms with van der Waals surface area (Å²) in [5.74, 6) is 2.37. The Kier molecular flexibility index (Phi) is 4.09. The molecule has 3 aromatic rings. The maximum atomic E-state index is 5.43. The van der Waals surface area contributed by atoms with E-state index in [1.165, 1.54) is 5.56 Å². The van der Waals surface area contributed by atoms with Crippen LogP contribution < -0.4 is 14.8 Å². The van der Waals surface area contributed by atoms with Crippen molar-refractivity contribution in [2.45, 2.75) is 6.92 Å². The van der Waals surface area contributed by atoms with E-state index in [2.05, 4.69) is 29.4 Å². The molecular weight excluding hydrogens is 312 g/mol. The zero-order chi connectivity index (χ0) is 17.1. The van der Waals surface area contributed by atoms with Crippen LogP contribution in [0, 0.1) is 0 Å². The zero-order valence-corrected chi connectivity index (χ0v) is 13.9. The number of allylic oxidation sites excluding steroid dienone is 1. The lowest BCUT2D eigenvalue weighted by atomic mass is 10.1. The Morgan fingerprint density at radius 1 is 0.960 bits per heavy atom. The summed E-state index contributed by atoms with van der Waals surface area (Å²) in [4.78, 5) is 4.49. The molecule has 4 nitrogen and oxygen atoms in total. The van der Waals surface area contributed by atoms with Crippen molar-refractivity contribution >= 4 is 11.4 Å². The molecule has 0 aliphatic carbocycles. The number of aromatic nitrogens is 1. The van der Waals surface area contributed by atoms with Crippen LogP contribution in [-0.4, -0.2) is 11.8 Å². The highest BCUT2D eigenvalue weighted by molar-refractivity contribution is 5.69. The Bertz CT molecular complexity index is 903. The average molecular weight is 330 g/mol. The van der Waals surface area contributed by atoms with Crippen LogP contribution in [-0.2, 0) is 0 Å². The number of anilines is 1. The maximum Gasteiger partial charge on any atom is 0.231 e. The molecule has 4 rings (SSSR count). The quantitative estimate of drug-likeness (QED) is 0.735. The van der Waals surface area contributed by atoms with Crippen molar-refractivity contribution in [3.63, 3.8) is 0 Å². The van der Waals surface area contributed by atoms with Gasteiger partial charge in [0.1, 0.15) is 5.82 Å². The SMILES string of the molecule is C/C(=C\Nc1ccc(-c2ccc3c(c2)OCO3)cn1)c1ccccc1. The fourth-order valence-corrected chi connectivity index (χ4v) is 2.69. The summed E-state index contributed by atoms with van der Waals surface area (Å²) in [6.45, 7) is 2.36. The van der Waals surface area contributed by atoms with Gasteiger partial charge in [0.2, 0.25) is 6.79 Å². The molecular formula is C21H18N2O2. The molecule has 2 heterocycles. The number of ether oxygens (including phenoxy) is 2. The van der Waals surface area contributed by atoms with Crippen molar-refractivity contribution in [1.82, 2.24) is 4.98 Å². The van der Waals surface area contributed by atoms with Gasteiger partial charge in [-0.3, -0.25) is 0 Å². The maximum absolute atomic E-state index is 5.43. The smallest absolute Gasteiger partial charge is 0.231 e. The van der Waals surface area contributed by atoms with E-state index in [1.807, 2.05) is 60.9 Å². The van der Waals surface area contributed by atoms with Gasteiger partial charge in [-0.05, 0) is 47.9 Å². The lowest BCUT2D eigenvalue weighted by Crippen LogP contribution is -1.93. The predicted octanol–water partition coefficient (Wildman–Crippen LogP) is 4.95. The minimum absolute atomic E-state index is 0.285. The molecule has 0 spiro atoms. The molecule has 0 radical (unpaired) electrons. The van der Waals surface area contributed by atoms with Crippen LogP contribution in [0.1, 0.15) is 12.5 Å². The van der Waals surface area contributed by atoms with Crippen molar-refractivity contribution in [3.05, 3.63) is 78.6 Å². The molecule has 1 aliphatic rings. The van der Waals surface area contributed by atoms with Crippen molar-refractivity contribution in [2.75, 3.05) is 12.1 Å². The van der Waals surface area contributed by atoms with Crippen molar-refractivity contribution in [2.24, 2.45) is 0 Å². The van der Waals surface area contributed by atoms with Gasteiger partial charge in [-0.1, -0.05) is 36.4 Å². The van der Waals surface area contributed by atoms with Gasteiger partial charge in [0.05, 0.1) is 0 Å². The molecule has 0 bridgehead atoms. The number of nitrogens with one attached hydrogen (secondary N) is 1. The molecule has 0 saturated carbocycles. The van der Waals surface area contributed by atoms with Crippen LogP contribution in [0.15, 0.2) is 73.1 Å².